The molecule has 160 valence electrons. The fraction of sp³-hybridized carbons (Fsp3) is 0.455. The largest absolute Gasteiger partial charge is 0.492 e. The number of rotatable bonds is 2. The maximum absolute atomic E-state index is 5.92. The number of fused-ring (bicyclic) bond motifs is 5. The molecule has 2 heterocycles. The Balaban J connectivity index is 1.95. The Morgan fingerprint density at radius 3 is 1.40 bits per heavy atom. The standard InChI is InChI=1S/C22H22Br2O6/c1-9-5-11-13(17(25-3)21-19(15(11)23)27-7-29-21)14-12(6-10(9)2)16(24)20-22(18(14)26-4)30-8-28-20/h9-10H,5-8H2,1-4H3/t9-,10+. The van der Waals surface area contributed by atoms with Gasteiger partial charge in [0.1, 0.15) is 0 Å². The van der Waals surface area contributed by atoms with Crippen molar-refractivity contribution in [1.29, 1.82) is 0 Å². The second kappa shape index (κ2) is 7.41. The molecule has 0 saturated carbocycles. The first-order valence-corrected chi connectivity index (χ1v) is 11.4. The Kier molecular flexibility index (Phi) is 4.97. The molecule has 2 aliphatic heterocycles. The van der Waals surface area contributed by atoms with Gasteiger partial charge >= 0.3 is 0 Å². The van der Waals surface area contributed by atoms with Crippen molar-refractivity contribution >= 4 is 31.9 Å². The van der Waals surface area contributed by atoms with Crippen molar-refractivity contribution in [1.82, 2.24) is 0 Å². The highest BCUT2D eigenvalue weighted by Gasteiger charge is 2.39. The highest BCUT2D eigenvalue weighted by Crippen LogP contribution is 2.61. The van der Waals surface area contributed by atoms with Crippen molar-refractivity contribution in [3.63, 3.8) is 0 Å². The van der Waals surface area contributed by atoms with Crippen LogP contribution in [0.1, 0.15) is 25.0 Å². The summed E-state index contributed by atoms with van der Waals surface area (Å²) < 4.78 is 36.8. The number of hydrogen-bond donors (Lipinski definition) is 0. The average molecular weight is 542 g/mol. The van der Waals surface area contributed by atoms with E-state index in [9.17, 15) is 0 Å². The molecule has 3 aliphatic rings. The minimum absolute atomic E-state index is 0.161. The van der Waals surface area contributed by atoms with Gasteiger partial charge in [0.15, 0.2) is 23.0 Å². The number of methoxy groups -OCH3 is 2. The highest BCUT2D eigenvalue weighted by atomic mass is 79.9. The minimum atomic E-state index is 0.161. The average Bonchev–Trinajstić information content (AvgIpc) is 3.41. The van der Waals surface area contributed by atoms with Crippen LogP contribution in [0.3, 0.4) is 0 Å². The van der Waals surface area contributed by atoms with Gasteiger partial charge in [0.05, 0.1) is 23.2 Å². The Labute approximate surface area is 192 Å². The smallest absolute Gasteiger partial charge is 0.231 e. The van der Waals surface area contributed by atoms with E-state index < -0.39 is 0 Å². The van der Waals surface area contributed by atoms with Gasteiger partial charge in [-0.25, -0.2) is 0 Å². The molecule has 0 radical (unpaired) electrons. The van der Waals surface area contributed by atoms with Crippen molar-refractivity contribution < 1.29 is 28.4 Å². The van der Waals surface area contributed by atoms with Crippen LogP contribution in [-0.4, -0.2) is 27.8 Å². The molecule has 1 aliphatic carbocycles. The van der Waals surface area contributed by atoms with E-state index >= 15 is 0 Å². The molecule has 30 heavy (non-hydrogen) atoms. The molecule has 0 fully saturated rings. The normalized spacial score (nSPS) is 20.9. The highest BCUT2D eigenvalue weighted by molar-refractivity contribution is 9.11. The van der Waals surface area contributed by atoms with Gasteiger partial charge in [0, 0.05) is 11.1 Å². The molecule has 0 spiro atoms. The van der Waals surface area contributed by atoms with Gasteiger partial charge < -0.3 is 28.4 Å². The van der Waals surface area contributed by atoms with E-state index in [0.29, 0.717) is 46.3 Å². The van der Waals surface area contributed by atoms with E-state index in [4.69, 9.17) is 28.4 Å². The molecule has 8 heteroatoms. The zero-order valence-electron chi connectivity index (χ0n) is 17.2. The zero-order chi connectivity index (χ0) is 21.2. The van der Waals surface area contributed by atoms with Crippen LogP contribution in [0.15, 0.2) is 8.95 Å². The van der Waals surface area contributed by atoms with E-state index in [1.165, 1.54) is 0 Å². The fourth-order valence-corrected chi connectivity index (χ4v) is 5.87. The summed E-state index contributed by atoms with van der Waals surface area (Å²) >= 11 is 7.60. The molecule has 0 unspecified atom stereocenters. The van der Waals surface area contributed by atoms with Gasteiger partial charge in [-0.2, -0.15) is 0 Å². The van der Waals surface area contributed by atoms with Crippen LogP contribution < -0.4 is 28.4 Å². The third-order valence-electron chi connectivity index (χ3n) is 6.31. The van der Waals surface area contributed by atoms with Crippen LogP contribution >= 0.6 is 31.9 Å². The molecule has 0 saturated heterocycles. The maximum atomic E-state index is 5.92. The number of ether oxygens (including phenoxy) is 6. The lowest BCUT2D eigenvalue weighted by atomic mass is 9.77. The summed E-state index contributed by atoms with van der Waals surface area (Å²) in [5.41, 5.74) is 4.11. The molecule has 2 aromatic rings. The van der Waals surface area contributed by atoms with Crippen LogP contribution in [0.25, 0.3) is 11.1 Å². The molecule has 0 bridgehead atoms. The molecular weight excluding hydrogens is 520 g/mol. The quantitative estimate of drug-likeness (QED) is 0.484. The number of halogens is 2. The lowest BCUT2D eigenvalue weighted by Crippen LogP contribution is -2.19. The van der Waals surface area contributed by atoms with Gasteiger partial charge in [-0.3, -0.25) is 0 Å². The first kappa shape index (κ1) is 20.1. The van der Waals surface area contributed by atoms with Gasteiger partial charge in [-0.15, -0.1) is 0 Å². The van der Waals surface area contributed by atoms with Gasteiger partial charge in [0.25, 0.3) is 0 Å². The second-order valence-corrected chi connectivity index (χ2v) is 9.48. The van der Waals surface area contributed by atoms with Crippen molar-refractivity contribution in [2.75, 3.05) is 27.8 Å². The van der Waals surface area contributed by atoms with Crippen LogP contribution in [0.4, 0.5) is 0 Å². The van der Waals surface area contributed by atoms with Gasteiger partial charge in [-0.1, -0.05) is 13.8 Å². The Hall–Kier alpha value is -1.80. The molecule has 2 atom stereocenters. The van der Waals surface area contributed by atoms with E-state index in [-0.39, 0.29) is 13.6 Å². The lowest BCUT2D eigenvalue weighted by molar-refractivity contribution is 0.170. The Bertz CT molecular complexity index is 968. The SMILES string of the molecule is COc1c2c(c(Br)c3c1-c1c(c(Br)c4c(c1OC)OCO4)C[C@H](C)[C@H](C)C3)OCO2. The summed E-state index contributed by atoms with van der Waals surface area (Å²) in [5.74, 6) is 4.74. The van der Waals surface area contributed by atoms with Crippen molar-refractivity contribution in [3.05, 3.63) is 20.1 Å². The molecule has 5 rings (SSSR count). The Morgan fingerprint density at radius 1 is 0.667 bits per heavy atom. The van der Waals surface area contributed by atoms with Crippen LogP contribution in [-0.2, 0) is 12.8 Å². The first-order valence-electron chi connectivity index (χ1n) is 9.84. The third-order valence-corrected chi connectivity index (χ3v) is 7.98. The summed E-state index contributed by atoms with van der Waals surface area (Å²) in [7, 11) is 3.31. The molecule has 2 aromatic carbocycles. The van der Waals surface area contributed by atoms with Crippen molar-refractivity contribution in [2.45, 2.75) is 26.7 Å². The monoisotopic (exact) mass is 540 g/mol. The summed E-state index contributed by atoms with van der Waals surface area (Å²) in [6.07, 6.45) is 1.72. The lowest BCUT2D eigenvalue weighted by Gasteiger charge is -2.30. The topological polar surface area (TPSA) is 55.4 Å². The van der Waals surface area contributed by atoms with Gasteiger partial charge in [0.2, 0.25) is 25.1 Å². The Morgan fingerprint density at radius 2 is 1.03 bits per heavy atom. The van der Waals surface area contributed by atoms with Crippen LogP contribution in [0, 0.1) is 11.8 Å². The van der Waals surface area contributed by atoms with Crippen molar-refractivity contribution in [3.8, 4) is 45.6 Å². The predicted molar refractivity (Wildman–Crippen MR) is 118 cm³/mol. The zero-order valence-corrected chi connectivity index (χ0v) is 20.4. The van der Waals surface area contributed by atoms with Crippen molar-refractivity contribution in [2.24, 2.45) is 11.8 Å². The number of hydrogen-bond acceptors (Lipinski definition) is 6. The fourth-order valence-electron chi connectivity index (χ4n) is 4.56. The van der Waals surface area contributed by atoms with E-state index in [1.807, 2.05) is 0 Å². The third kappa shape index (κ3) is 2.72. The van der Waals surface area contributed by atoms with E-state index in [1.54, 1.807) is 14.2 Å². The summed E-state index contributed by atoms with van der Waals surface area (Å²) in [4.78, 5) is 0. The van der Waals surface area contributed by atoms with E-state index in [2.05, 4.69) is 45.7 Å². The molecular formula is C22H22Br2O6. The van der Waals surface area contributed by atoms with Crippen LogP contribution in [0.5, 0.6) is 34.5 Å². The molecule has 6 nitrogen and oxygen atoms in total. The van der Waals surface area contributed by atoms with Crippen LogP contribution in [0.2, 0.25) is 0 Å². The summed E-state index contributed by atoms with van der Waals surface area (Å²) in [5, 5.41) is 0. The van der Waals surface area contributed by atoms with Gasteiger partial charge in [-0.05, 0) is 67.7 Å². The predicted octanol–water partition coefficient (Wildman–Crippen LogP) is 5.72. The molecule has 0 amide bonds. The molecule has 0 N–H and O–H groups in total. The first-order chi connectivity index (χ1) is 14.5. The number of benzene rings is 2. The van der Waals surface area contributed by atoms with E-state index in [0.717, 1.165) is 44.0 Å². The maximum Gasteiger partial charge on any atom is 0.231 e. The second-order valence-electron chi connectivity index (χ2n) is 7.89. The minimum Gasteiger partial charge on any atom is -0.492 e. The molecule has 0 aromatic heterocycles. The summed E-state index contributed by atoms with van der Waals surface area (Å²) in [6, 6.07) is 0. The summed E-state index contributed by atoms with van der Waals surface area (Å²) in [6.45, 7) is 4.88.